The second kappa shape index (κ2) is 6.33. The summed E-state index contributed by atoms with van der Waals surface area (Å²) in [7, 11) is 0. The van der Waals surface area contributed by atoms with E-state index in [4.69, 9.17) is 0 Å². The third-order valence-electron chi connectivity index (χ3n) is 4.30. The molecule has 2 aromatic heterocycles. The molecule has 0 atom stereocenters. The Morgan fingerprint density at radius 2 is 1.96 bits per heavy atom. The van der Waals surface area contributed by atoms with Crippen LogP contribution in [0.4, 0.5) is 10.1 Å². The second-order valence-corrected chi connectivity index (χ2v) is 6.78. The molecule has 24 heavy (non-hydrogen) atoms. The highest BCUT2D eigenvalue weighted by atomic mass is 32.1. The molecule has 4 rings (SSSR count). The number of nitrogens with one attached hydrogen (secondary N) is 1. The molecular formula is C17H17FN4OS. The number of hydrogen-bond acceptors (Lipinski definition) is 5. The van der Waals surface area contributed by atoms with Gasteiger partial charge in [-0.15, -0.1) is 11.3 Å². The molecule has 7 heteroatoms. The molecule has 0 amide bonds. The maximum absolute atomic E-state index is 13.9. The summed E-state index contributed by atoms with van der Waals surface area (Å²) in [5.74, 6) is 0.505. The van der Waals surface area contributed by atoms with E-state index in [1.165, 1.54) is 17.4 Å². The first-order valence-corrected chi connectivity index (χ1v) is 8.77. The van der Waals surface area contributed by atoms with Crippen LogP contribution in [0.2, 0.25) is 0 Å². The Bertz CT molecular complexity index is 914. The van der Waals surface area contributed by atoms with E-state index in [9.17, 15) is 9.18 Å². The summed E-state index contributed by atoms with van der Waals surface area (Å²) >= 11 is 1.41. The Morgan fingerprint density at radius 3 is 2.75 bits per heavy atom. The predicted molar refractivity (Wildman–Crippen MR) is 94.1 cm³/mol. The van der Waals surface area contributed by atoms with Gasteiger partial charge in [0.15, 0.2) is 0 Å². The maximum Gasteiger partial charge on any atom is 0.268 e. The number of benzene rings is 1. The first kappa shape index (κ1) is 15.3. The molecule has 5 nitrogen and oxygen atoms in total. The lowest BCUT2D eigenvalue weighted by atomic mass is 10.2. The summed E-state index contributed by atoms with van der Waals surface area (Å²) in [5.41, 5.74) is 1.34. The van der Waals surface area contributed by atoms with Crippen LogP contribution in [-0.2, 0) is 6.54 Å². The van der Waals surface area contributed by atoms with E-state index >= 15 is 0 Å². The van der Waals surface area contributed by atoms with Gasteiger partial charge in [-0.3, -0.25) is 9.69 Å². The van der Waals surface area contributed by atoms with Crippen LogP contribution >= 0.6 is 11.3 Å². The molecule has 0 saturated carbocycles. The van der Waals surface area contributed by atoms with Crippen molar-refractivity contribution >= 4 is 27.2 Å². The molecule has 3 heterocycles. The number of aromatic nitrogens is 2. The minimum absolute atomic E-state index is 0.0741. The third kappa shape index (κ3) is 2.92. The lowest BCUT2D eigenvalue weighted by molar-refractivity contribution is 0.243. The van der Waals surface area contributed by atoms with E-state index in [1.807, 2.05) is 23.6 Å². The highest BCUT2D eigenvalue weighted by Gasteiger charge is 2.20. The van der Waals surface area contributed by atoms with Gasteiger partial charge in [0.1, 0.15) is 16.3 Å². The van der Waals surface area contributed by atoms with Crippen LogP contribution in [0.1, 0.15) is 5.82 Å². The molecule has 124 valence electrons. The van der Waals surface area contributed by atoms with Crippen molar-refractivity contribution in [2.45, 2.75) is 6.54 Å². The van der Waals surface area contributed by atoms with Gasteiger partial charge in [-0.1, -0.05) is 12.1 Å². The smallest absolute Gasteiger partial charge is 0.268 e. The Labute approximate surface area is 142 Å². The molecular weight excluding hydrogens is 327 g/mol. The second-order valence-electron chi connectivity index (χ2n) is 5.86. The molecule has 1 N–H and O–H groups in total. The number of fused-ring (bicyclic) bond motifs is 1. The van der Waals surface area contributed by atoms with Crippen LogP contribution < -0.4 is 10.5 Å². The molecule has 1 aliphatic rings. The van der Waals surface area contributed by atoms with Gasteiger partial charge in [-0.2, -0.15) is 0 Å². The Kier molecular flexibility index (Phi) is 4.03. The zero-order chi connectivity index (χ0) is 16.5. The normalized spacial score (nSPS) is 16.0. The summed E-state index contributed by atoms with van der Waals surface area (Å²) < 4.78 is 14.5. The molecule has 0 spiro atoms. The van der Waals surface area contributed by atoms with E-state index < -0.39 is 0 Å². The van der Waals surface area contributed by atoms with Gasteiger partial charge in [-0.05, 0) is 23.6 Å². The zero-order valence-electron chi connectivity index (χ0n) is 13.0. The summed E-state index contributed by atoms with van der Waals surface area (Å²) in [4.78, 5) is 23.7. The van der Waals surface area contributed by atoms with Gasteiger partial charge in [-0.25, -0.2) is 9.37 Å². The maximum atomic E-state index is 13.9. The molecule has 1 aromatic carbocycles. The van der Waals surface area contributed by atoms with Crippen LogP contribution in [0.3, 0.4) is 0 Å². The predicted octanol–water partition coefficient (Wildman–Crippen LogP) is 2.45. The van der Waals surface area contributed by atoms with Crippen molar-refractivity contribution in [3.8, 4) is 0 Å². The highest BCUT2D eigenvalue weighted by Crippen LogP contribution is 2.20. The number of thiophene rings is 1. The molecule has 3 aromatic rings. The molecule has 0 aliphatic carbocycles. The number of para-hydroxylation sites is 1. The van der Waals surface area contributed by atoms with Gasteiger partial charge >= 0.3 is 0 Å². The monoisotopic (exact) mass is 344 g/mol. The lowest BCUT2D eigenvalue weighted by Gasteiger charge is -2.35. The van der Waals surface area contributed by atoms with Crippen LogP contribution in [0.25, 0.3) is 10.2 Å². The summed E-state index contributed by atoms with van der Waals surface area (Å²) in [6.07, 6.45) is 0. The van der Waals surface area contributed by atoms with Gasteiger partial charge in [0.2, 0.25) is 0 Å². The number of rotatable bonds is 3. The minimum Gasteiger partial charge on any atom is -0.367 e. The molecule has 1 aliphatic heterocycles. The number of anilines is 1. The van der Waals surface area contributed by atoms with Crippen LogP contribution in [0.5, 0.6) is 0 Å². The number of piperazine rings is 1. The molecule has 1 saturated heterocycles. The number of H-pyrrole nitrogens is 1. The summed E-state index contributed by atoms with van der Waals surface area (Å²) in [5, 5.41) is 1.88. The van der Waals surface area contributed by atoms with E-state index in [0.717, 1.165) is 31.7 Å². The van der Waals surface area contributed by atoms with Crippen LogP contribution in [0.15, 0.2) is 40.5 Å². The largest absolute Gasteiger partial charge is 0.367 e. The topological polar surface area (TPSA) is 52.2 Å². The van der Waals surface area contributed by atoms with Crippen LogP contribution in [-0.4, -0.2) is 41.0 Å². The lowest BCUT2D eigenvalue weighted by Crippen LogP contribution is -2.46. The highest BCUT2D eigenvalue weighted by molar-refractivity contribution is 7.17. The van der Waals surface area contributed by atoms with Crippen molar-refractivity contribution in [1.29, 1.82) is 0 Å². The van der Waals surface area contributed by atoms with E-state index in [2.05, 4.69) is 19.8 Å². The average Bonchev–Trinajstić information content (AvgIpc) is 3.05. The quantitative estimate of drug-likeness (QED) is 0.793. The van der Waals surface area contributed by atoms with Gasteiger partial charge < -0.3 is 9.88 Å². The summed E-state index contributed by atoms with van der Waals surface area (Å²) in [6, 6.07) is 8.74. The first-order chi connectivity index (χ1) is 11.7. The molecule has 0 radical (unpaired) electrons. The van der Waals surface area contributed by atoms with Crippen molar-refractivity contribution < 1.29 is 4.39 Å². The Balaban J connectivity index is 1.44. The average molecular weight is 344 g/mol. The Hall–Kier alpha value is -2.25. The van der Waals surface area contributed by atoms with Gasteiger partial charge in [0.25, 0.3) is 5.56 Å². The number of nitrogens with zero attached hydrogens (tertiary/aromatic N) is 3. The van der Waals surface area contributed by atoms with E-state index in [1.54, 1.807) is 6.07 Å². The number of halogens is 1. The number of aromatic amines is 1. The summed E-state index contributed by atoms with van der Waals surface area (Å²) in [6.45, 7) is 3.73. The number of hydrogen-bond donors (Lipinski definition) is 1. The standard InChI is InChI=1S/C17H17FN4OS/c18-12-3-1-2-4-14(12)22-8-6-21(7-9-22)11-15-19-13-5-10-24-16(13)17(23)20-15/h1-5,10H,6-9,11H2,(H,19,20,23). The van der Waals surface area contributed by atoms with Crippen molar-refractivity contribution in [2.75, 3.05) is 31.1 Å². The first-order valence-electron chi connectivity index (χ1n) is 7.89. The van der Waals surface area contributed by atoms with E-state index in [0.29, 0.717) is 22.8 Å². The van der Waals surface area contributed by atoms with Gasteiger partial charge in [0, 0.05) is 26.2 Å². The van der Waals surface area contributed by atoms with Crippen molar-refractivity contribution in [1.82, 2.24) is 14.9 Å². The molecule has 0 bridgehead atoms. The van der Waals surface area contributed by atoms with E-state index in [-0.39, 0.29) is 11.4 Å². The SMILES string of the molecule is O=c1[nH]c(CN2CCN(c3ccccc3F)CC2)nc2ccsc12. The Morgan fingerprint density at radius 1 is 1.17 bits per heavy atom. The van der Waals surface area contributed by atoms with Crippen molar-refractivity contribution in [3.05, 3.63) is 57.7 Å². The van der Waals surface area contributed by atoms with Crippen LogP contribution in [0, 0.1) is 5.82 Å². The fourth-order valence-electron chi connectivity index (χ4n) is 3.06. The fraction of sp³-hybridized carbons (Fsp3) is 0.294. The minimum atomic E-state index is -0.181. The van der Waals surface area contributed by atoms with Crippen molar-refractivity contribution in [3.63, 3.8) is 0 Å². The van der Waals surface area contributed by atoms with Gasteiger partial charge in [0.05, 0.1) is 17.7 Å². The fourth-order valence-corrected chi connectivity index (χ4v) is 3.79. The molecule has 0 unspecified atom stereocenters. The zero-order valence-corrected chi connectivity index (χ0v) is 13.9. The molecule has 1 fully saturated rings. The van der Waals surface area contributed by atoms with Crippen molar-refractivity contribution in [2.24, 2.45) is 0 Å². The third-order valence-corrected chi connectivity index (χ3v) is 5.21.